The molecule has 0 unspecified atom stereocenters. The largest absolute Gasteiger partial charge is 0.354 e. The summed E-state index contributed by atoms with van der Waals surface area (Å²) in [5, 5.41) is 4.80. The van der Waals surface area contributed by atoms with Gasteiger partial charge in [-0.2, -0.15) is 0 Å². The Morgan fingerprint density at radius 2 is 2.17 bits per heavy atom. The Balaban J connectivity index is 2.25. The molecule has 1 N–H and O–H groups in total. The lowest BCUT2D eigenvalue weighted by molar-refractivity contribution is 0.924. The Morgan fingerprint density at radius 3 is 2.89 bits per heavy atom. The standard InChI is InChI=1S/C11H12ClN5S/c1-3-13-10-15-6-8(12)9(17-10)18-11-14-5-4-7(2)16-11/h4-6H,3H2,1-2H3,(H,13,15,17). The van der Waals surface area contributed by atoms with E-state index in [2.05, 4.69) is 25.3 Å². The van der Waals surface area contributed by atoms with Gasteiger partial charge in [-0.25, -0.2) is 19.9 Å². The van der Waals surface area contributed by atoms with Crippen LogP contribution in [0.15, 0.2) is 28.6 Å². The minimum atomic E-state index is 0.492. The Labute approximate surface area is 114 Å². The normalized spacial score (nSPS) is 10.4. The van der Waals surface area contributed by atoms with Gasteiger partial charge in [0.1, 0.15) is 5.03 Å². The summed E-state index contributed by atoms with van der Waals surface area (Å²) in [4.78, 5) is 16.9. The SMILES string of the molecule is CCNc1ncc(Cl)c(Sc2nccc(C)n2)n1. The van der Waals surface area contributed by atoms with Crippen molar-refractivity contribution < 1.29 is 0 Å². The van der Waals surface area contributed by atoms with Crippen LogP contribution in [0.25, 0.3) is 0 Å². The Kier molecular flexibility index (Phi) is 4.33. The van der Waals surface area contributed by atoms with Crippen molar-refractivity contribution in [3.05, 3.63) is 29.2 Å². The highest BCUT2D eigenvalue weighted by molar-refractivity contribution is 7.99. The van der Waals surface area contributed by atoms with Crippen molar-refractivity contribution in [2.45, 2.75) is 24.0 Å². The van der Waals surface area contributed by atoms with Gasteiger partial charge < -0.3 is 5.32 Å². The second kappa shape index (κ2) is 5.97. The molecule has 0 aliphatic heterocycles. The number of aromatic nitrogens is 4. The lowest BCUT2D eigenvalue weighted by Gasteiger charge is -2.05. The molecule has 0 saturated heterocycles. The molecule has 0 saturated carbocycles. The van der Waals surface area contributed by atoms with Crippen LogP contribution < -0.4 is 5.32 Å². The fourth-order valence-electron chi connectivity index (χ4n) is 1.23. The quantitative estimate of drug-likeness (QED) is 0.687. The highest BCUT2D eigenvalue weighted by atomic mass is 35.5. The van der Waals surface area contributed by atoms with Gasteiger partial charge in [-0.15, -0.1) is 0 Å². The topological polar surface area (TPSA) is 63.6 Å². The van der Waals surface area contributed by atoms with E-state index >= 15 is 0 Å². The lowest BCUT2D eigenvalue weighted by atomic mass is 10.5. The lowest BCUT2D eigenvalue weighted by Crippen LogP contribution is -2.02. The molecule has 0 atom stereocenters. The highest BCUT2D eigenvalue weighted by Gasteiger charge is 2.09. The van der Waals surface area contributed by atoms with E-state index in [1.165, 1.54) is 11.8 Å². The van der Waals surface area contributed by atoms with E-state index in [4.69, 9.17) is 11.6 Å². The maximum absolute atomic E-state index is 6.06. The third-order valence-electron chi connectivity index (χ3n) is 2.01. The molecule has 0 spiro atoms. The minimum Gasteiger partial charge on any atom is -0.354 e. The predicted molar refractivity (Wildman–Crippen MR) is 72.1 cm³/mol. The van der Waals surface area contributed by atoms with Crippen LogP contribution in [0.3, 0.4) is 0 Å². The molecule has 94 valence electrons. The molecule has 7 heteroatoms. The molecule has 2 heterocycles. The molecule has 2 aromatic heterocycles. The Morgan fingerprint density at radius 1 is 1.33 bits per heavy atom. The molecule has 0 aliphatic carbocycles. The summed E-state index contributed by atoms with van der Waals surface area (Å²) in [6, 6.07) is 1.84. The van der Waals surface area contributed by atoms with E-state index in [-0.39, 0.29) is 0 Å². The average Bonchev–Trinajstić information content (AvgIpc) is 2.34. The van der Waals surface area contributed by atoms with Crippen LogP contribution in [0.2, 0.25) is 5.02 Å². The first-order valence-electron chi connectivity index (χ1n) is 5.43. The zero-order valence-electron chi connectivity index (χ0n) is 10.0. The number of anilines is 1. The summed E-state index contributed by atoms with van der Waals surface area (Å²) in [5.41, 5.74) is 0.907. The summed E-state index contributed by atoms with van der Waals surface area (Å²) in [6.45, 7) is 4.65. The second-order valence-electron chi connectivity index (χ2n) is 3.46. The first-order chi connectivity index (χ1) is 8.69. The number of nitrogens with zero attached hydrogens (tertiary/aromatic N) is 4. The van der Waals surface area contributed by atoms with Crippen molar-refractivity contribution in [3.8, 4) is 0 Å². The number of hydrogen-bond acceptors (Lipinski definition) is 6. The van der Waals surface area contributed by atoms with Gasteiger partial charge in [-0.05, 0) is 31.7 Å². The van der Waals surface area contributed by atoms with Gasteiger partial charge in [-0.3, -0.25) is 0 Å². The smallest absolute Gasteiger partial charge is 0.223 e. The van der Waals surface area contributed by atoms with E-state index in [1.807, 2.05) is 19.9 Å². The van der Waals surface area contributed by atoms with Crippen LogP contribution in [0.4, 0.5) is 5.95 Å². The van der Waals surface area contributed by atoms with Gasteiger partial charge in [0.25, 0.3) is 0 Å². The average molecular weight is 282 g/mol. The van der Waals surface area contributed by atoms with Crippen molar-refractivity contribution in [2.24, 2.45) is 0 Å². The summed E-state index contributed by atoms with van der Waals surface area (Å²) in [7, 11) is 0. The van der Waals surface area contributed by atoms with Crippen molar-refractivity contribution in [1.82, 2.24) is 19.9 Å². The van der Waals surface area contributed by atoms with Crippen LogP contribution in [0.5, 0.6) is 0 Å². The molecule has 2 aromatic rings. The van der Waals surface area contributed by atoms with Crippen LogP contribution in [0.1, 0.15) is 12.6 Å². The molecule has 0 amide bonds. The number of hydrogen-bond donors (Lipinski definition) is 1. The number of halogens is 1. The number of aryl methyl sites for hydroxylation is 1. The van der Waals surface area contributed by atoms with E-state index in [0.29, 0.717) is 21.2 Å². The van der Waals surface area contributed by atoms with Gasteiger partial charge >= 0.3 is 0 Å². The third-order valence-corrected chi connectivity index (χ3v) is 3.28. The highest BCUT2D eigenvalue weighted by Crippen LogP contribution is 2.29. The maximum atomic E-state index is 6.06. The molecule has 5 nitrogen and oxygen atoms in total. The zero-order valence-corrected chi connectivity index (χ0v) is 11.6. The van der Waals surface area contributed by atoms with Crippen LogP contribution in [-0.4, -0.2) is 26.5 Å². The molecule has 0 radical (unpaired) electrons. The fraction of sp³-hybridized carbons (Fsp3) is 0.273. The molecule has 0 fully saturated rings. The number of nitrogens with one attached hydrogen (secondary N) is 1. The second-order valence-corrected chi connectivity index (χ2v) is 4.82. The van der Waals surface area contributed by atoms with Crippen LogP contribution >= 0.6 is 23.4 Å². The number of rotatable bonds is 4. The van der Waals surface area contributed by atoms with Crippen molar-refractivity contribution in [3.63, 3.8) is 0 Å². The Bertz CT molecular complexity index is 549. The molecule has 0 aromatic carbocycles. The zero-order chi connectivity index (χ0) is 13.0. The minimum absolute atomic E-state index is 0.492. The van der Waals surface area contributed by atoms with E-state index < -0.39 is 0 Å². The summed E-state index contributed by atoms with van der Waals surface area (Å²) >= 11 is 7.38. The van der Waals surface area contributed by atoms with Crippen LogP contribution in [0, 0.1) is 6.92 Å². The summed E-state index contributed by atoms with van der Waals surface area (Å²) in [6.07, 6.45) is 3.29. The van der Waals surface area contributed by atoms with Gasteiger partial charge in [0.2, 0.25) is 5.95 Å². The van der Waals surface area contributed by atoms with Crippen molar-refractivity contribution in [1.29, 1.82) is 0 Å². The van der Waals surface area contributed by atoms with Gasteiger partial charge in [0.05, 0.1) is 11.2 Å². The summed E-state index contributed by atoms with van der Waals surface area (Å²) in [5.74, 6) is 0.553. The van der Waals surface area contributed by atoms with Gasteiger partial charge in [0, 0.05) is 18.4 Å². The molecule has 2 rings (SSSR count). The molecular formula is C11H12ClN5S. The van der Waals surface area contributed by atoms with E-state index in [1.54, 1.807) is 12.4 Å². The van der Waals surface area contributed by atoms with Crippen molar-refractivity contribution in [2.75, 3.05) is 11.9 Å². The molecule has 0 bridgehead atoms. The maximum Gasteiger partial charge on any atom is 0.223 e. The third kappa shape index (κ3) is 3.30. The fourth-order valence-corrected chi connectivity index (χ4v) is 2.19. The summed E-state index contributed by atoms with van der Waals surface area (Å²) < 4.78 is 0. The molecular weight excluding hydrogens is 270 g/mol. The van der Waals surface area contributed by atoms with Gasteiger partial charge in [0.15, 0.2) is 5.16 Å². The first kappa shape index (κ1) is 13.0. The predicted octanol–water partition coefficient (Wildman–Crippen LogP) is 2.81. The molecule has 18 heavy (non-hydrogen) atoms. The first-order valence-corrected chi connectivity index (χ1v) is 6.62. The van der Waals surface area contributed by atoms with E-state index in [9.17, 15) is 0 Å². The Hall–Kier alpha value is -1.40. The van der Waals surface area contributed by atoms with Gasteiger partial charge in [-0.1, -0.05) is 11.6 Å². The van der Waals surface area contributed by atoms with Crippen molar-refractivity contribution >= 4 is 29.3 Å². The monoisotopic (exact) mass is 281 g/mol. The van der Waals surface area contributed by atoms with E-state index in [0.717, 1.165) is 12.2 Å². The molecule has 0 aliphatic rings. The van der Waals surface area contributed by atoms with Crippen LogP contribution in [-0.2, 0) is 0 Å².